The van der Waals surface area contributed by atoms with E-state index in [4.69, 9.17) is 9.47 Å². The summed E-state index contributed by atoms with van der Waals surface area (Å²) in [6, 6.07) is 0.0882. The molecule has 1 rings (SSSR count). The smallest absolute Gasteiger partial charge is 0.317 e. The third kappa shape index (κ3) is 4.07. The van der Waals surface area contributed by atoms with E-state index in [2.05, 4.69) is 0 Å². The van der Waals surface area contributed by atoms with Crippen molar-refractivity contribution < 1.29 is 19.1 Å². The average Bonchev–Trinajstić information content (AvgIpc) is 2.19. The van der Waals surface area contributed by atoms with E-state index < -0.39 is 17.5 Å². The van der Waals surface area contributed by atoms with Gasteiger partial charge in [0.15, 0.2) is 5.78 Å². The van der Waals surface area contributed by atoms with Gasteiger partial charge in [0, 0.05) is 13.2 Å². The molecule has 0 aromatic carbocycles. The standard InChI is InChI=1S/C13H23NO4/c1-13(2,3)18-12(16)10-6-9(8-17-5)14(4)7-11(10)15/h9-10H,6-8H2,1-5H3/t9-,10?/m0/s1. The van der Waals surface area contributed by atoms with Gasteiger partial charge in [-0.2, -0.15) is 0 Å². The normalized spacial score (nSPS) is 26.2. The quantitative estimate of drug-likeness (QED) is 0.554. The van der Waals surface area contributed by atoms with Crippen molar-refractivity contribution in [1.29, 1.82) is 0 Å². The summed E-state index contributed by atoms with van der Waals surface area (Å²) in [5.74, 6) is -1.14. The van der Waals surface area contributed by atoms with Gasteiger partial charge < -0.3 is 9.47 Å². The van der Waals surface area contributed by atoms with Crippen molar-refractivity contribution in [2.24, 2.45) is 5.92 Å². The van der Waals surface area contributed by atoms with Crippen LogP contribution in [0.1, 0.15) is 27.2 Å². The third-order valence-corrected chi connectivity index (χ3v) is 2.98. The molecule has 18 heavy (non-hydrogen) atoms. The second kappa shape index (κ2) is 5.80. The van der Waals surface area contributed by atoms with Gasteiger partial charge in [0.25, 0.3) is 0 Å². The molecule has 1 unspecified atom stereocenters. The Hall–Kier alpha value is -0.940. The Morgan fingerprint density at radius 1 is 1.44 bits per heavy atom. The van der Waals surface area contributed by atoms with Crippen LogP contribution < -0.4 is 0 Å². The molecule has 0 bridgehead atoms. The van der Waals surface area contributed by atoms with E-state index in [1.807, 2.05) is 11.9 Å². The summed E-state index contributed by atoms with van der Waals surface area (Å²) < 4.78 is 10.4. The van der Waals surface area contributed by atoms with Gasteiger partial charge in [-0.25, -0.2) is 0 Å². The predicted molar refractivity (Wildman–Crippen MR) is 67.3 cm³/mol. The number of ketones is 1. The topological polar surface area (TPSA) is 55.8 Å². The molecule has 1 heterocycles. The molecule has 0 radical (unpaired) electrons. The van der Waals surface area contributed by atoms with Gasteiger partial charge in [-0.15, -0.1) is 0 Å². The van der Waals surface area contributed by atoms with Crippen LogP contribution in [0.5, 0.6) is 0 Å². The highest BCUT2D eigenvalue weighted by Crippen LogP contribution is 2.22. The average molecular weight is 257 g/mol. The van der Waals surface area contributed by atoms with Crippen LogP contribution in [0.2, 0.25) is 0 Å². The number of carbonyl (C=O) groups is 2. The molecule has 1 aliphatic rings. The molecule has 1 aliphatic heterocycles. The lowest BCUT2D eigenvalue weighted by Gasteiger charge is -2.35. The zero-order valence-corrected chi connectivity index (χ0v) is 11.9. The molecule has 0 amide bonds. The van der Waals surface area contributed by atoms with Crippen LogP contribution in [0.3, 0.4) is 0 Å². The van der Waals surface area contributed by atoms with Gasteiger partial charge in [0.05, 0.1) is 13.2 Å². The van der Waals surface area contributed by atoms with Crippen LogP contribution in [0.15, 0.2) is 0 Å². The van der Waals surface area contributed by atoms with Crippen molar-refractivity contribution in [1.82, 2.24) is 4.90 Å². The number of hydrogen-bond donors (Lipinski definition) is 0. The number of likely N-dealkylation sites (tertiary alicyclic amines) is 1. The maximum absolute atomic E-state index is 12.0. The molecule has 2 atom stereocenters. The molecule has 0 aromatic heterocycles. The highest BCUT2D eigenvalue weighted by Gasteiger charge is 2.38. The first-order valence-electron chi connectivity index (χ1n) is 6.19. The van der Waals surface area contributed by atoms with Crippen molar-refractivity contribution in [2.75, 3.05) is 27.3 Å². The predicted octanol–water partition coefficient (Wildman–Crippen LogP) is 0.864. The fraction of sp³-hybridized carbons (Fsp3) is 0.846. The number of esters is 1. The summed E-state index contributed by atoms with van der Waals surface area (Å²) in [5, 5.41) is 0. The maximum Gasteiger partial charge on any atom is 0.317 e. The largest absolute Gasteiger partial charge is 0.459 e. The number of likely N-dealkylation sites (N-methyl/N-ethyl adjacent to an activating group) is 1. The molecule has 1 saturated heterocycles. The zero-order valence-electron chi connectivity index (χ0n) is 11.9. The Labute approximate surface area is 108 Å². The minimum atomic E-state index is -0.652. The van der Waals surface area contributed by atoms with Crippen LogP contribution in [-0.4, -0.2) is 55.6 Å². The summed E-state index contributed by atoms with van der Waals surface area (Å²) in [4.78, 5) is 25.8. The first kappa shape index (κ1) is 15.1. The molecular weight excluding hydrogens is 234 g/mol. The van der Waals surface area contributed by atoms with Crippen LogP contribution >= 0.6 is 0 Å². The van der Waals surface area contributed by atoms with E-state index in [1.54, 1.807) is 27.9 Å². The number of Topliss-reactive ketones (excluding diaryl/α,β-unsaturated/α-hetero) is 1. The monoisotopic (exact) mass is 257 g/mol. The van der Waals surface area contributed by atoms with Gasteiger partial charge in [-0.3, -0.25) is 14.5 Å². The Bertz CT molecular complexity index is 321. The summed E-state index contributed by atoms with van der Waals surface area (Å²) in [6.07, 6.45) is 0.470. The number of nitrogens with zero attached hydrogens (tertiary/aromatic N) is 1. The van der Waals surface area contributed by atoms with E-state index in [-0.39, 0.29) is 18.4 Å². The molecule has 5 heteroatoms. The molecule has 0 aromatic rings. The van der Waals surface area contributed by atoms with Crippen molar-refractivity contribution >= 4 is 11.8 Å². The Morgan fingerprint density at radius 2 is 2.06 bits per heavy atom. The highest BCUT2D eigenvalue weighted by atomic mass is 16.6. The van der Waals surface area contributed by atoms with Gasteiger partial charge in [-0.05, 0) is 34.2 Å². The van der Waals surface area contributed by atoms with Gasteiger partial charge in [0.1, 0.15) is 11.5 Å². The number of rotatable bonds is 3. The molecular formula is C13H23NO4. The summed E-state index contributed by atoms with van der Waals surface area (Å²) in [6.45, 7) is 6.20. The van der Waals surface area contributed by atoms with Gasteiger partial charge in [0.2, 0.25) is 0 Å². The lowest BCUT2D eigenvalue weighted by Crippen LogP contribution is -2.50. The Balaban J connectivity index is 2.69. The molecule has 0 spiro atoms. The van der Waals surface area contributed by atoms with E-state index in [0.29, 0.717) is 13.0 Å². The number of carbonyl (C=O) groups excluding carboxylic acids is 2. The molecule has 5 nitrogen and oxygen atoms in total. The van der Waals surface area contributed by atoms with E-state index >= 15 is 0 Å². The molecule has 0 N–H and O–H groups in total. The first-order chi connectivity index (χ1) is 8.24. The van der Waals surface area contributed by atoms with E-state index in [9.17, 15) is 9.59 Å². The lowest BCUT2D eigenvalue weighted by atomic mass is 9.90. The highest BCUT2D eigenvalue weighted by molar-refractivity contribution is 6.00. The molecule has 0 saturated carbocycles. The summed E-state index contributed by atoms with van der Waals surface area (Å²) in [5.41, 5.74) is -0.558. The molecule has 104 valence electrons. The first-order valence-corrected chi connectivity index (χ1v) is 6.19. The number of hydrogen-bond acceptors (Lipinski definition) is 5. The fourth-order valence-electron chi connectivity index (χ4n) is 2.06. The summed E-state index contributed by atoms with van der Waals surface area (Å²) in [7, 11) is 3.49. The second-order valence-electron chi connectivity index (χ2n) is 5.81. The fourth-order valence-corrected chi connectivity index (χ4v) is 2.06. The Morgan fingerprint density at radius 3 is 2.56 bits per heavy atom. The minimum absolute atomic E-state index is 0.0703. The van der Waals surface area contributed by atoms with Crippen molar-refractivity contribution in [3.63, 3.8) is 0 Å². The summed E-state index contributed by atoms with van der Waals surface area (Å²) >= 11 is 0. The van der Waals surface area contributed by atoms with Crippen LogP contribution in [0, 0.1) is 5.92 Å². The molecule has 1 fully saturated rings. The van der Waals surface area contributed by atoms with E-state index in [0.717, 1.165) is 0 Å². The zero-order chi connectivity index (χ0) is 13.9. The maximum atomic E-state index is 12.0. The van der Waals surface area contributed by atoms with Crippen molar-refractivity contribution in [3.8, 4) is 0 Å². The third-order valence-electron chi connectivity index (χ3n) is 2.98. The minimum Gasteiger partial charge on any atom is -0.459 e. The molecule has 0 aliphatic carbocycles. The number of piperidine rings is 1. The SMILES string of the molecule is COC[C@@H]1CC(C(=O)OC(C)(C)C)C(=O)CN1C. The number of methoxy groups -OCH3 is 1. The van der Waals surface area contributed by atoms with Crippen LogP contribution in [0.4, 0.5) is 0 Å². The van der Waals surface area contributed by atoms with E-state index in [1.165, 1.54) is 0 Å². The van der Waals surface area contributed by atoms with Crippen molar-refractivity contribution in [3.05, 3.63) is 0 Å². The van der Waals surface area contributed by atoms with Crippen LogP contribution in [0.25, 0.3) is 0 Å². The van der Waals surface area contributed by atoms with Crippen LogP contribution in [-0.2, 0) is 19.1 Å². The second-order valence-corrected chi connectivity index (χ2v) is 5.81. The lowest BCUT2D eigenvalue weighted by molar-refractivity contribution is -0.165. The van der Waals surface area contributed by atoms with Gasteiger partial charge >= 0.3 is 5.97 Å². The Kier molecular flexibility index (Phi) is 4.87. The van der Waals surface area contributed by atoms with Crippen molar-refractivity contribution in [2.45, 2.75) is 38.8 Å². The number of ether oxygens (including phenoxy) is 2. The van der Waals surface area contributed by atoms with Gasteiger partial charge in [-0.1, -0.05) is 0 Å².